The normalized spacial score (nSPS) is 19.7. The van der Waals surface area contributed by atoms with Crippen LogP contribution in [0.25, 0.3) is 0 Å². The van der Waals surface area contributed by atoms with E-state index < -0.39 is 0 Å². The molecule has 2 N–H and O–H groups in total. The number of amides is 1. The lowest BCUT2D eigenvalue weighted by Crippen LogP contribution is -2.48. The third-order valence-electron chi connectivity index (χ3n) is 2.98. The van der Waals surface area contributed by atoms with E-state index in [2.05, 4.69) is 25.9 Å². The van der Waals surface area contributed by atoms with Gasteiger partial charge in [-0.2, -0.15) is 4.98 Å². The first-order valence-electron chi connectivity index (χ1n) is 5.76. The number of primary amides is 1. The number of hydrogen-bond acceptors (Lipinski definition) is 5. The number of halogens is 1. The molecule has 98 valence electrons. The molecule has 1 aliphatic rings. The number of carbonyl (C=O) groups excluding carboxylic acids is 1. The summed E-state index contributed by atoms with van der Waals surface area (Å²) in [6.45, 7) is 0.735. The van der Waals surface area contributed by atoms with Crippen molar-refractivity contribution in [1.29, 1.82) is 0 Å². The minimum atomic E-state index is -0.333. The minimum absolute atomic E-state index is 0.329. The van der Waals surface area contributed by atoms with Crippen LogP contribution in [0, 0.1) is 0 Å². The van der Waals surface area contributed by atoms with Crippen LogP contribution in [0.4, 0.5) is 5.95 Å². The van der Waals surface area contributed by atoms with E-state index in [0.717, 1.165) is 25.8 Å². The van der Waals surface area contributed by atoms with Gasteiger partial charge in [0, 0.05) is 6.54 Å². The van der Waals surface area contributed by atoms with Crippen molar-refractivity contribution in [3.8, 4) is 5.88 Å². The van der Waals surface area contributed by atoms with Crippen LogP contribution in [0.2, 0.25) is 0 Å². The Hall–Kier alpha value is -1.37. The number of carbonyl (C=O) groups is 1. The minimum Gasteiger partial charge on any atom is -0.480 e. The highest BCUT2D eigenvalue weighted by atomic mass is 79.9. The number of methoxy groups -OCH3 is 1. The molecule has 2 heterocycles. The number of anilines is 1. The number of ether oxygens (including phenoxy) is 1. The second kappa shape index (κ2) is 5.51. The zero-order chi connectivity index (χ0) is 13.1. The molecular weight excluding hydrogens is 300 g/mol. The standard InChI is InChI=1S/C11H15BrN4O2/c1-18-10-7(12)6-14-11(15-10)16-5-3-2-4-8(16)9(13)17/h6,8H,2-5H2,1H3,(H2,13,17). The van der Waals surface area contributed by atoms with E-state index in [1.165, 1.54) is 0 Å². The van der Waals surface area contributed by atoms with Gasteiger partial charge in [0.25, 0.3) is 0 Å². The van der Waals surface area contributed by atoms with Crippen molar-refractivity contribution < 1.29 is 9.53 Å². The number of piperidine rings is 1. The zero-order valence-corrected chi connectivity index (χ0v) is 11.7. The molecule has 1 amide bonds. The van der Waals surface area contributed by atoms with E-state index in [-0.39, 0.29) is 11.9 Å². The van der Waals surface area contributed by atoms with Crippen molar-refractivity contribution in [3.05, 3.63) is 10.7 Å². The predicted octanol–water partition coefficient (Wildman–Crippen LogP) is 1.09. The summed E-state index contributed by atoms with van der Waals surface area (Å²) in [4.78, 5) is 21.8. The summed E-state index contributed by atoms with van der Waals surface area (Å²) in [6.07, 6.45) is 4.37. The Balaban J connectivity index is 2.30. The van der Waals surface area contributed by atoms with E-state index in [0.29, 0.717) is 16.3 Å². The molecular formula is C11H15BrN4O2. The number of aromatic nitrogens is 2. The number of hydrogen-bond donors (Lipinski definition) is 1. The predicted molar refractivity (Wildman–Crippen MR) is 70.5 cm³/mol. The molecule has 1 aromatic heterocycles. The molecule has 0 aromatic carbocycles. The van der Waals surface area contributed by atoms with Crippen molar-refractivity contribution in [2.24, 2.45) is 5.73 Å². The molecule has 0 radical (unpaired) electrons. The quantitative estimate of drug-likeness (QED) is 0.903. The second-order valence-electron chi connectivity index (χ2n) is 4.13. The Bertz CT molecular complexity index is 455. The Morgan fingerprint density at radius 2 is 2.39 bits per heavy atom. The highest BCUT2D eigenvalue weighted by molar-refractivity contribution is 9.10. The fourth-order valence-corrected chi connectivity index (χ4v) is 2.44. The topological polar surface area (TPSA) is 81.3 Å². The van der Waals surface area contributed by atoms with E-state index in [4.69, 9.17) is 10.5 Å². The molecule has 0 spiro atoms. The van der Waals surface area contributed by atoms with E-state index in [1.807, 2.05) is 4.90 Å². The maximum atomic E-state index is 11.4. The van der Waals surface area contributed by atoms with Gasteiger partial charge in [0.05, 0.1) is 17.8 Å². The van der Waals surface area contributed by atoms with Gasteiger partial charge in [-0.1, -0.05) is 0 Å². The van der Waals surface area contributed by atoms with Crippen molar-refractivity contribution in [1.82, 2.24) is 9.97 Å². The first-order valence-corrected chi connectivity index (χ1v) is 6.55. The van der Waals surface area contributed by atoms with Crippen molar-refractivity contribution >= 4 is 27.8 Å². The average Bonchev–Trinajstić information content (AvgIpc) is 2.39. The summed E-state index contributed by atoms with van der Waals surface area (Å²) in [7, 11) is 1.54. The van der Waals surface area contributed by atoms with Gasteiger partial charge in [0.2, 0.25) is 17.7 Å². The molecule has 1 fully saturated rings. The molecule has 6 nitrogen and oxygen atoms in total. The lowest BCUT2D eigenvalue weighted by molar-refractivity contribution is -0.119. The highest BCUT2D eigenvalue weighted by Gasteiger charge is 2.29. The van der Waals surface area contributed by atoms with Crippen LogP contribution in [-0.4, -0.2) is 35.6 Å². The summed E-state index contributed by atoms with van der Waals surface area (Å²) >= 11 is 3.30. The van der Waals surface area contributed by atoms with Gasteiger partial charge in [-0.15, -0.1) is 0 Å². The third-order valence-corrected chi connectivity index (χ3v) is 3.52. The van der Waals surface area contributed by atoms with Gasteiger partial charge >= 0.3 is 0 Å². The fraction of sp³-hybridized carbons (Fsp3) is 0.545. The molecule has 1 unspecified atom stereocenters. The molecule has 0 saturated carbocycles. The largest absolute Gasteiger partial charge is 0.480 e. The maximum absolute atomic E-state index is 11.4. The highest BCUT2D eigenvalue weighted by Crippen LogP contribution is 2.27. The Kier molecular flexibility index (Phi) is 4.00. The van der Waals surface area contributed by atoms with E-state index in [9.17, 15) is 4.79 Å². The van der Waals surface area contributed by atoms with Crippen molar-refractivity contribution in [2.75, 3.05) is 18.6 Å². The lowest BCUT2D eigenvalue weighted by atomic mass is 10.0. The first kappa shape index (κ1) is 13.1. The summed E-state index contributed by atoms with van der Waals surface area (Å²) in [5.74, 6) is 0.604. The monoisotopic (exact) mass is 314 g/mol. The molecule has 1 saturated heterocycles. The molecule has 1 atom stereocenters. The van der Waals surface area contributed by atoms with Gasteiger partial charge in [0.1, 0.15) is 6.04 Å². The lowest BCUT2D eigenvalue weighted by Gasteiger charge is -2.33. The maximum Gasteiger partial charge on any atom is 0.240 e. The van der Waals surface area contributed by atoms with Crippen LogP contribution in [0.1, 0.15) is 19.3 Å². The van der Waals surface area contributed by atoms with Crippen LogP contribution < -0.4 is 15.4 Å². The van der Waals surface area contributed by atoms with Crippen LogP contribution in [0.3, 0.4) is 0 Å². The summed E-state index contributed by atoms with van der Waals surface area (Å²) < 4.78 is 5.81. The van der Waals surface area contributed by atoms with Gasteiger partial charge in [-0.05, 0) is 35.2 Å². The number of nitrogens with two attached hydrogens (primary N) is 1. The van der Waals surface area contributed by atoms with E-state index in [1.54, 1.807) is 13.3 Å². The molecule has 2 rings (SSSR count). The summed E-state index contributed by atoms with van der Waals surface area (Å²) in [5.41, 5.74) is 5.42. The fourth-order valence-electron chi connectivity index (χ4n) is 2.09. The van der Waals surface area contributed by atoms with Crippen molar-refractivity contribution in [2.45, 2.75) is 25.3 Å². The van der Waals surface area contributed by atoms with Crippen LogP contribution in [0.5, 0.6) is 5.88 Å². The molecule has 18 heavy (non-hydrogen) atoms. The molecule has 0 bridgehead atoms. The van der Waals surface area contributed by atoms with Gasteiger partial charge < -0.3 is 15.4 Å². The van der Waals surface area contributed by atoms with Crippen LogP contribution in [0.15, 0.2) is 10.7 Å². The van der Waals surface area contributed by atoms with Crippen molar-refractivity contribution in [3.63, 3.8) is 0 Å². The number of rotatable bonds is 3. The summed E-state index contributed by atoms with van der Waals surface area (Å²) in [5, 5.41) is 0. The smallest absolute Gasteiger partial charge is 0.240 e. The van der Waals surface area contributed by atoms with Crippen LogP contribution >= 0.6 is 15.9 Å². The summed E-state index contributed by atoms with van der Waals surface area (Å²) in [6, 6.07) is -0.329. The zero-order valence-electron chi connectivity index (χ0n) is 10.1. The molecule has 0 aliphatic carbocycles. The van der Waals surface area contributed by atoms with Crippen LogP contribution in [-0.2, 0) is 4.79 Å². The Morgan fingerprint density at radius 1 is 1.61 bits per heavy atom. The first-order chi connectivity index (χ1) is 8.63. The third kappa shape index (κ3) is 2.55. The number of nitrogens with zero attached hydrogens (tertiary/aromatic N) is 3. The van der Waals surface area contributed by atoms with Gasteiger partial charge in [-0.25, -0.2) is 4.98 Å². The Labute approximate surface area is 114 Å². The average molecular weight is 315 g/mol. The second-order valence-corrected chi connectivity index (χ2v) is 4.99. The molecule has 1 aliphatic heterocycles. The van der Waals surface area contributed by atoms with E-state index >= 15 is 0 Å². The van der Waals surface area contributed by atoms with Gasteiger partial charge in [-0.3, -0.25) is 4.79 Å². The molecule has 7 heteroatoms. The Morgan fingerprint density at radius 3 is 3.06 bits per heavy atom. The SMILES string of the molecule is COc1nc(N2CCCCC2C(N)=O)ncc1Br. The van der Waals surface area contributed by atoms with Gasteiger partial charge in [0.15, 0.2) is 0 Å². The molecule has 1 aromatic rings.